The predicted octanol–water partition coefficient (Wildman–Crippen LogP) is 2.37. The van der Waals surface area contributed by atoms with Gasteiger partial charge in [-0.2, -0.15) is 0 Å². The summed E-state index contributed by atoms with van der Waals surface area (Å²) in [5.74, 6) is -0.348. The van der Waals surface area contributed by atoms with Gasteiger partial charge in [-0.05, 0) is 12.0 Å². The summed E-state index contributed by atoms with van der Waals surface area (Å²) in [6.07, 6.45) is 0.781. The van der Waals surface area contributed by atoms with E-state index in [0.29, 0.717) is 0 Å². The molecule has 1 aromatic carbocycles. The smallest absolute Gasteiger partial charge is 0.313 e. The molecular weight excluding hydrogens is 216 g/mol. The van der Waals surface area contributed by atoms with Crippen LogP contribution in [0.25, 0.3) is 0 Å². The zero-order chi connectivity index (χ0) is 12.3. The van der Waals surface area contributed by atoms with Gasteiger partial charge in [-0.1, -0.05) is 37.3 Å². The minimum atomic E-state index is -0.185. The average Bonchev–Trinajstić information content (AvgIpc) is 2.34. The second-order valence-corrected chi connectivity index (χ2v) is 4.99. The van der Waals surface area contributed by atoms with Crippen molar-refractivity contribution in [2.24, 2.45) is 5.41 Å². The fourth-order valence-electron chi connectivity index (χ4n) is 2.23. The summed E-state index contributed by atoms with van der Waals surface area (Å²) in [6.45, 7) is 3.61. The van der Waals surface area contributed by atoms with Crippen LogP contribution >= 0.6 is 0 Å². The molecule has 1 aliphatic heterocycles. The first-order valence-electron chi connectivity index (χ1n) is 5.85. The molecule has 0 amide bonds. The molecule has 3 nitrogen and oxygen atoms in total. The van der Waals surface area contributed by atoms with E-state index in [0.717, 1.165) is 25.2 Å². The molecule has 1 aliphatic rings. The third kappa shape index (κ3) is 2.67. The number of hydrogen-bond donors (Lipinski definition) is 0. The summed E-state index contributed by atoms with van der Waals surface area (Å²) in [7, 11) is 1.44. The minimum Gasteiger partial charge on any atom is -0.469 e. The molecule has 1 heterocycles. The van der Waals surface area contributed by atoms with Crippen LogP contribution in [0, 0.1) is 5.41 Å². The summed E-state index contributed by atoms with van der Waals surface area (Å²) in [6, 6.07) is 9.80. The van der Waals surface area contributed by atoms with Crippen molar-refractivity contribution in [2.75, 3.05) is 20.3 Å². The lowest BCUT2D eigenvalue weighted by Crippen LogP contribution is -2.42. The van der Waals surface area contributed by atoms with Crippen LogP contribution in [-0.4, -0.2) is 26.3 Å². The summed E-state index contributed by atoms with van der Waals surface area (Å²) in [5, 5.41) is 0. The lowest BCUT2D eigenvalue weighted by atomic mass is 9.77. The summed E-state index contributed by atoms with van der Waals surface area (Å²) in [4.78, 5) is 11.9. The molecule has 0 aromatic heterocycles. The van der Waals surface area contributed by atoms with Gasteiger partial charge in [0.25, 0.3) is 0 Å². The molecule has 1 unspecified atom stereocenters. The van der Waals surface area contributed by atoms with Gasteiger partial charge in [0.05, 0.1) is 26.2 Å². The average molecular weight is 234 g/mol. The quantitative estimate of drug-likeness (QED) is 0.750. The maximum atomic E-state index is 11.9. The number of methoxy groups -OCH3 is 1. The van der Waals surface area contributed by atoms with Crippen LogP contribution < -0.4 is 0 Å². The molecule has 0 aliphatic carbocycles. The Morgan fingerprint density at radius 2 is 2.06 bits per heavy atom. The number of esters is 1. The first-order chi connectivity index (χ1) is 8.14. The highest BCUT2D eigenvalue weighted by Crippen LogP contribution is 2.38. The summed E-state index contributed by atoms with van der Waals surface area (Å²) in [5.41, 5.74) is 1.13. The van der Waals surface area contributed by atoms with E-state index in [1.807, 2.05) is 30.3 Å². The van der Waals surface area contributed by atoms with Gasteiger partial charge in [0.1, 0.15) is 0 Å². The molecule has 0 radical (unpaired) electrons. The number of ether oxygens (including phenoxy) is 2. The number of carbonyl (C=O) groups excluding carboxylic acids is 1. The molecule has 1 aromatic rings. The molecule has 0 bridgehead atoms. The number of hydrogen-bond acceptors (Lipinski definition) is 3. The Kier molecular flexibility index (Phi) is 3.48. The van der Waals surface area contributed by atoms with E-state index in [1.54, 1.807) is 0 Å². The van der Waals surface area contributed by atoms with Crippen molar-refractivity contribution < 1.29 is 14.3 Å². The van der Waals surface area contributed by atoms with Crippen molar-refractivity contribution in [3.8, 4) is 0 Å². The topological polar surface area (TPSA) is 35.5 Å². The Balaban J connectivity index is 2.17. The Labute approximate surface area is 102 Å². The molecule has 1 atom stereocenters. The molecule has 3 heteroatoms. The van der Waals surface area contributed by atoms with E-state index < -0.39 is 0 Å². The molecular formula is C14H18O3. The highest BCUT2D eigenvalue weighted by atomic mass is 16.5. The van der Waals surface area contributed by atoms with Crippen molar-refractivity contribution in [1.82, 2.24) is 0 Å². The fourth-order valence-corrected chi connectivity index (χ4v) is 2.23. The Hall–Kier alpha value is -1.35. The first-order valence-corrected chi connectivity index (χ1v) is 5.85. The Bertz CT molecular complexity index is 382. The predicted molar refractivity (Wildman–Crippen MR) is 64.7 cm³/mol. The van der Waals surface area contributed by atoms with Crippen LogP contribution in [0.5, 0.6) is 0 Å². The van der Waals surface area contributed by atoms with Crippen LogP contribution in [0.15, 0.2) is 30.3 Å². The third-order valence-corrected chi connectivity index (χ3v) is 3.29. The van der Waals surface area contributed by atoms with Crippen molar-refractivity contribution >= 4 is 5.97 Å². The van der Waals surface area contributed by atoms with E-state index in [9.17, 15) is 4.79 Å². The van der Waals surface area contributed by atoms with Gasteiger partial charge in [-0.15, -0.1) is 0 Å². The molecule has 2 rings (SSSR count). The van der Waals surface area contributed by atoms with E-state index in [2.05, 4.69) is 6.92 Å². The Morgan fingerprint density at radius 1 is 1.41 bits per heavy atom. The second kappa shape index (κ2) is 4.88. The molecule has 0 spiro atoms. The van der Waals surface area contributed by atoms with Crippen LogP contribution in [-0.2, 0) is 14.3 Å². The van der Waals surface area contributed by atoms with Gasteiger partial charge in [0.2, 0.25) is 0 Å². The van der Waals surface area contributed by atoms with Crippen molar-refractivity contribution in [3.05, 3.63) is 35.9 Å². The zero-order valence-corrected chi connectivity index (χ0v) is 10.3. The van der Waals surface area contributed by atoms with E-state index >= 15 is 0 Å². The van der Waals surface area contributed by atoms with Crippen molar-refractivity contribution in [3.63, 3.8) is 0 Å². The standard InChI is InChI=1S/C14H18O3/c1-14(9-17-10-14)8-12(13(15)16-2)11-6-4-3-5-7-11/h3-7,12H,8-10H2,1-2H3. The van der Waals surface area contributed by atoms with Crippen molar-refractivity contribution in [2.45, 2.75) is 19.3 Å². The molecule has 92 valence electrons. The maximum Gasteiger partial charge on any atom is 0.313 e. The fraction of sp³-hybridized carbons (Fsp3) is 0.500. The normalized spacial score (nSPS) is 19.2. The molecule has 17 heavy (non-hydrogen) atoms. The third-order valence-electron chi connectivity index (χ3n) is 3.29. The van der Waals surface area contributed by atoms with Crippen LogP contribution in [0.1, 0.15) is 24.8 Å². The summed E-state index contributed by atoms with van der Waals surface area (Å²) < 4.78 is 10.1. The van der Waals surface area contributed by atoms with Crippen molar-refractivity contribution in [1.29, 1.82) is 0 Å². The molecule has 1 fully saturated rings. The highest BCUT2D eigenvalue weighted by Gasteiger charge is 2.38. The van der Waals surface area contributed by atoms with Crippen LogP contribution in [0.3, 0.4) is 0 Å². The lowest BCUT2D eigenvalue weighted by Gasteiger charge is -2.40. The van der Waals surface area contributed by atoms with Gasteiger partial charge in [0.15, 0.2) is 0 Å². The second-order valence-electron chi connectivity index (χ2n) is 4.99. The zero-order valence-electron chi connectivity index (χ0n) is 10.3. The lowest BCUT2D eigenvalue weighted by molar-refractivity contribution is -0.148. The van der Waals surface area contributed by atoms with E-state index in [-0.39, 0.29) is 17.3 Å². The summed E-state index contributed by atoms with van der Waals surface area (Å²) >= 11 is 0. The Morgan fingerprint density at radius 3 is 2.53 bits per heavy atom. The molecule has 0 N–H and O–H groups in total. The van der Waals surface area contributed by atoms with Gasteiger partial charge in [0, 0.05) is 5.41 Å². The van der Waals surface area contributed by atoms with E-state index in [4.69, 9.17) is 9.47 Å². The van der Waals surface area contributed by atoms with Crippen LogP contribution in [0.4, 0.5) is 0 Å². The molecule has 0 saturated carbocycles. The van der Waals surface area contributed by atoms with Gasteiger partial charge in [-0.25, -0.2) is 0 Å². The van der Waals surface area contributed by atoms with Gasteiger partial charge >= 0.3 is 5.97 Å². The number of benzene rings is 1. The highest BCUT2D eigenvalue weighted by molar-refractivity contribution is 5.78. The van der Waals surface area contributed by atoms with E-state index in [1.165, 1.54) is 7.11 Å². The monoisotopic (exact) mass is 234 g/mol. The van der Waals surface area contributed by atoms with Gasteiger partial charge in [-0.3, -0.25) is 4.79 Å². The van der Waals surface area contributed by atoms with Gasteiger partial charge < -0.3 is 9.47 Å². The minimum absolute atomic E-state index is 0.106. The largest absolute Gasteiger partial charge is 0.469 e. The first kappa shape index (κ1) is 12.1. The van der Waals surface area contributed by atoms with Crippen LogP contribution in [0.2, 0.25) is 0 Å². The SMILES string of the molecule is COC(=O)C(CC1(C)COC1)c1ccccc1. The number of carbonyl (C=O) groups is 1. The maximum absolute atomic E-state index is 11.9. The number of rotatable bonds is 4. The molecule has 1 saturated heterocycles.